The van der Waals surface area contributed by atoms with E-state index in [1.54, 1.807) is 36.4 Å². The Kier molecular flexibility index (Phi) is 6.56. The molecule has 2 N–H and O–H groups in total. The fraction of sp³-hybridized carbons (Fsp3) is 0.318. The van der Waals surface area contributed by atoms with Gasteiger partial charge in [0.05, 0.1) is 18.4 Å². The van der Waals surface area contributed by atoms with Crippen molar-refractivity contribution >= 4 is 84.2 Å². The number of amides is 2. The van der Waals surface area contributed by atoms with E-state index in [-0.39, 0.29) is 24.2 Å². The van der Waals surface area contributed by atoms with Gasteiger partial charge in [-0.1, -0.05) is 66.7 Å². The standard InChI is InChI=1S/C22H16Br2Cl3N3O2/c23-22(24)18(12-5-13(25)9-14(26)6-12)19(22)20(32)29-15-1-2-16(27)11(7-15)8-17(31)30-21(10-28)3-4-21/h1-2,5-7,9,18-19H,3-4,8H2,(H,29,32)(H,30,31). The van der Waals surface area contributed by atoms with E-state index in [4.69, 9.17) is 40.1 Å². The van der Waals surface area contributed by atoms with Crippen molar-refractivity contribution in [2.45, 2.75) is 34.0 Å². The Labute approximate surface area is 217 Å². The Morgan fingerprint density at radius 2 is 1.75 bits per heavy atom. The van der Waals surface area contributed by atoms with Crippen molar-refractivity contribution in [1.82, 2.24) is 5.32 Å². The molecular weight excluding hydrogens is 604 g/mol. The summed E-state index contributed by atoms with van der Waals surface area (Å²) in [5, 5.41) is 16.2. The molecule has 2 saturated carbocycles. The van der Waals surface area contributed by atoms with Crippen molar-refractivity contribution in [2.75, 3.05) is 5.32 Å². The molecule has 2 amide bonds. The van der Waals surface area contributed by atoms with Crippen LogP contribution in [0.15, 0.2) is 36.4 Å². The Morgan fingerprint density at radius 3 is 2.34 bits per heavy atom. The molecule has 0 heterocycles. The van der Waals surface area contributed by atoms with Gasteiger partial charge in [-0.3, -0.25) is 9.59 Å². The lowest BCUT2D eigenvalue weighted by molar-refractivity contribution is -0.121. The van der Waals surface area contributed by atoms with Gasteiger partial charge < -0.3 is 10.6 Å². The van der Waals surface area contributed by atoms with Crippen LogP contribution in [0.3, 0.4) is 0 Å². The van der Waals surface area contributed by atoms with Crippen molar-refractivity contribution in [3.63, 3.8) is 0 Å². The Balaban J connectivity index is 1.46. The Hall–Kier alpha value is -1.30. The van der Waals surface area contributed by atoms with Crippen LogP contribution in [-0.2, 0) is 16.0 Å². The third-order valence-electron chi connectivity index (χ3n) is 5.59. The van der Waals surface area contributed by atoms with Crippen LogP contribution in [0.5, 0.6) is 0 Å². The van der Waals surface area contributed by atoms with Gasteiger partial charge in [0.2, 0.25) is 11.8 Å². The van der Waals surface area contributed by atoms with Crippen LogP contribution in [0.25, 0.3) is 0 Å². The van der Waals surface area contributed by atoms with E-state index in [1.165, 1.54) is 0 Å². The average Bonchev–Trinajstić information content (AvgIpc) is 3.58. The zero-order valence-corrected chi connectivity index (χ0v) is 21.8. The van der Waals surface area contributed by atoms with Crippen LogP contribution in [0.4, 0.5) is 5.69 Å². The highest BCUT2D eigenvalue weighted by Crippen LogP contribution is 2.67. The van der Waals surface area contributed by atoms with Crippen LogP contribution in [-0.4, -0.2) is 20.6 Å². The number of nitrogens with one attached hydrogen (secondary N) is 2. The highest BCUT2D eigenvalue weighted by Gasteiger charge is 2.66. The molecule has 2 fully saturated rings. The molecular formula is C22H16Br2Cl3N3O2. The van der Waals surface area contributed by atoms with Crippen LogP contribution in [0, 0.1) is 17.2 Å². The summed E-state index contributed by atoms with van der Waals surface area (Å²) in [4.78, 5) is 25.3. The maximum absolute atomic E-state index is 13.0. The number of carbonyl (C=O) groups is 2. The maximum atomic E-state index is 13.0. The average molecular weight is 621 g/mol. The van der Waals surface area contributed by atoms with Gasteiger partial charge in [0, 0.05) is 26.7 Å². The molecule has 0 spiro atoms. The number of nitrogens with zero attached hydrogens (tertiary/aromatic N) is 1. The SMILES string of the molecule is N#CC1(NC(=O)Cc2cc(NC(=O)C3C(c4cc(Cl)cc(Cl)c4)C3(Br)Br)ccc2Cl)CC1. The number of carbonyl (C=O) groups excluding carboxylic acids is 2. The summed E-state index contributed by atoms with van der Waals surface area (Å²) < 4.78 is -0.622. The lowest BCUT2D eigenvalue weighted by Crippen LogP contribution is -2.36. The molecule has 4 rings (SSSR count). The zero-order chi connectivity index (χ0) is 23.3. The van der Waals surface area contributed by atoms with Gasteiger partial charge in [-0.25, -0.2) is 0 Å². The maximum Gasteiger partial charge on any atom is 0.230 e. The van der Waals surface area contributed by atoms with E-state index in [0.29, 0.717) is 39.2 Å². The monoisotopic (exact) mass is 617 g/mol. The highest BCUT2D eigenvalue weighted by atomic mass is 79.9. The zero-order valence-electron chi connectivity index (χ0n) is 16.4. The molecule has 0 saturated heterocycles. The molecule has 0 aliphatic heterocycles. The van der Waals surface area contributed by atoms with E-state index >= 15 is 0 Å². The number of anilines is 1. The molecule has 2 atom stereocenters. The Morgan fingerprint density at radius 1 is 1.09 bits per heavy atom. The van der Waals surface area contributed by atoms with Gasteiger partial charge in [0.25, 0.3) is 0 Å². The van der Waals surface area contributed by atoms with Crippen molar-refractivity contribution in [3.8, 4) is 6.07 Å². The molecule has 32 heavy (non-hydrogen) atoms. The molecule has 2 aliphatic rings. The second kappa shape index (κ2) is 8.81. The van der Waals surface area contributed by atoms with Crippen LogP contribution in [0.2, 0.25) is 15.1 Å². The summed E-state index contributed by atoms with van der Waals surface area (Å²) in [6, 6.07) is 12.3. The van der Waals surface area contributed by atoms with Crippen LogP contribution < -0.4 is 10.6 Å². The quantitative estimate of drug-likeness (QED) is 0.378. The number of benzene rings is 2. The summed E-state index contributed by atoms with van der Waals surface area (Å²) in [5.41, 5.74) is 1.19. The molecule has 2 aromatic carbocycles. The number of nitriles is 1. The van der Waals surface area contributed by atoms with Crippen molar-refractivity contribution in [1.29, 1.82) is 5.26 Å². The topological polar surface area (TPSA) is 82.0 Å². The van der Waals surface area contributed by atoms with Crippen molar-refractivity contribution in [2.24, 2.45) is 5.92 Å². The van der Waals surface area contributed by atoms with Gasteiger partial charge in [-0.05, 0) is 60.4 Å². The van der Waals surface area contributed by atoms with E-state index in [1.807, 2.05) is 0 Å². The minimum Gasteiger partial charge on any atom is -0.338 e. The summed E-state index contributed by atoms with van der Waals surface area (Å²) in [6.45, 7) is 0. The third-order valence-corrected chi connectivity index (χ3v) is 8.37. The second-order valence-electron chi connectivity index (χ2n) is 8.05. The van der Waals surface area contributed by atoms with Gasteiger partial charge in [-0.2, -0.15) is 5.26 Å². The summed E-state index contributed by atoms with van der Waals surface area (Å²) in [5.74, 6) is -1.07. The van der Waals surface area contributed by atoms with Crippen LogP contribution in [0.1, 0.15) is 29.9 Å². The first-order chi connectivity index (χ1) is 15.0. The lowest BCUT2D eigenvalue weighted by Gasteiger charge is -2.12. The molecule has 0 aromatic heterocycles. The van der Waals surface area contributed by atoms with E-state index in [9.17, 15) is 9.59 Å². The fourth-order valence-electron chi connectivity index (χ4n) is 3.70. The number of hydrogen-bond donors (Lipinski definition) is 2. The fourth-order valence-corrected chi connectivity index (χ4v) is 6.17. The van der Waals surface area contributed by atoms with Gasteiger partial charge in [-0.15, -0.1) is 0 Å². The van der Waals surface area contributed by atoms with E-state index < -0.39 is 14.7 Å². The predicted octanol–water partition coefficient (Wildman–Crippen LogP) is 6.20. The van der Waals surface area contributed by atoms with Gasteiger partial charge in [0.15, 0.2) is 0 Å². The second-order valence-corrected chi connectivity index (χ2v) is 13.0. The van der Waals surface area contributed by atoms with Crippen molar-refractivity contribution in [3.05, 3.63) is 62.6 Å². The highest BCUT2D eigenvalue weighted by molar-refractivity contribution is 9.25. The molecule has 2 unspecified atom stereocenters. The number of halogens is 5. The molecule has 10 heteroatoms. The number of rotatable bonds is 6. The minimum absolute atomic E-state index is 0.0138. The molecule has 0 bridgehead atoms. The lowest BCUT2D eigenvalue weighted by atomic mass is 10.1. The first kappa shape index (κ1) is 23.8. The predicted molar refractivity (Wildman–Crippen MR) is 133 cm³/mol. The van der Waals surface area contributed by atoms with E-state index in [2.05, 4.69) is 48.6 Å². The first-order valence-corrected chi connectivity index (χ1v) is 12.4. The molecule has 2 aromatic rings. The third kappa shape index (κ3) is 4.95. The van der Waals surface area contributed by atoms with Gasteiger partial charge >= 0.3 is 0 Å². The smallest absolute Gasteiger partial charge is 0.230 e. The summed E-state index contributed by atoms with van der Waals surface area (Å²) in [7, 11) is 0. The molecule has 5 nitrogen and oxygen atoms in total. The largest absolute Gasteiger partial charge is 0.338 e. The van der Waals surface area contributed by atoms with E-state index in [0.717, 1.165) is 5.56 Å². The van der Waals surface area contributed by atoms with Crippen LogP contribution >= 0.6 is 66.7 Å². The number of alkyl halides is 2. The molecule has 2 aliphatic carbocycles. The Bertz CT molecular complexity index is 1140. The number of hydrogen-bond acceptors (Lipinski definition) is 3. The minimum atomic E-state index is -0.741. The van der Waals surface area contributed by atoms with Crippen molar-refractivity contribution < 1.29 is 9.59 Å². The van der Waals surface area contributed by atoms with Gasteiger partial charge in [0.1, 0.15) is 8.77 Å². The molecule has 0 radical (unpaired) electrons. The summed E-state index contributed by atoms with van der Waals surface area (Å²) >= 11 is 25.7. The molecule has 166 valence electrons. The first-order valence-electron chi connectivity index (χ1n) is 9.70. The normalized spacial score (nSPS) is 21.9. The summed E-state index contributed by atoms with van der Waals surface area (Å²) in [6.07, 6.45) is 1.32.